The van der Waals surface area contributed by atoms with Crippen molar-refractivity contribution in [2.75, 3.05) is 7.11 Å². The van der Waals surface area contributed by atoms with Gasteiger partial charge in [0.2, 0.25) is 5.75 Å². The largest absolute Gasteiger partial charge is 0.490 e. The third kappa shape index (κ3) is 5.71. The maximum Gasteiger partial charge on any atom is 0.204 e. The fourth-order valence-electron chi connectivity index (χ4n) is 3.81. The second-order valence-electron chi connectivity index (χ2n) is 9.77. The lowest BCUT2D eigenvalue weighted by atomic mass is 10.0. The Balaban J connectivity index is 2.04. The Morgan fingerprint density at radius 2 is 0.909 bits per heavy atom. The minimum atomic E-state index is 0.314. The predicted octanol–water partition coefficient (Wildman–Crippen LogP) is 9.27. The fourth-order valence-corrected chi connectivity index (χ4v) is 3.81. The van der Waals surface area contributed by atoms with Crippen LogP contribution in [0.2, 0.25) is 0 Å². The normalized spacial score (nSPS) is 11.4. The first kappa shape index (κ1) is 24.7. The van der Waals surface area contributed by atoms with Crippen LogP contribution in [0.4, 0.5) is 0 Å². The van der Waals surface area contributed by atoms with Gasteiger partial charge in [0.15, 0.2) is 11.5 Å². The van der Waals surface area contributed by atoms with E-state index in [4.69, 9.17) is 14.2 Å². The van der Waals surface area contributed by atoms with E-state index < -0.39 is 0 Å². The number of hydrogen-bond donors (Lipinski definition) is 0. The quantitative estimate of drug-likeness (QED) is 0.345. The summed E-state index contributed by atoms with van der Waals surface area (Å²) in [5, 5.41) is 0. The Hall–Kier alpha value is -2.94. The van der Waals surface area contributed by atoms with Crippen LogP contribution in [0.1, 0.15) is 87.1 Å². The van der Waals surface area contributed by atoms with Crippen molar-refractivity contribution in [1.29, 1.82) is 0 Å². The molecule has 0 aromatic heterocycles. The second-order valence-corrected chi connectivity index (χ2v) is 9.77. The van der Waals surface area contributed by atoms with Crippen molar-refractivity contribution in [1.82, 2.24) is 0 Å². The summed E-state index contributed by atoms with van der Waals surface area (Å²) < 4.78 is 18.6. The lowest BCUT2D eigenvalue weighted by Crippen LogP contribution is -2.00. The number of aryl methyl sites for hydroxylation is 2. The van der Waals surface area contributed by atoms with Gasteiger partial charge in [-0.3, -0.25) is 0 Å². The first-order valence-electron chi connectivity index (χ1n) is 11.9. The molecular formula is C30H38O3. The molecule has 0 saturated carbocycles. The molecule has 3 heteroatoms. The van der Waals surface area contributed by atoms with Crippen molar-refractivity contribution in [2.45, 2.75) is 73.1 Å². The van der Waals surface area contributed by atoms with Crippen LogP contribution in [0.5, 0.6) is 28.7 Å². The highest BCUT2D eigenvalue weighted by Crippen LogP contribution is 2.45. The Labute approximate surface area is 199 Å². The molecule has 176 valence electrons. The maximum absolute atomic E-state index is 6.41. The summed E-state index contributed by atoms with van der Waals surface area (Å²) in [5.41, 5.74) is 5.93. The molecule has 0 amide bonds. The van der Waals surface area contributed by atoms with E-state index in [2.05, 4.69) is 91.8 Å². The summed E-state index contributed by atoms with van der Waals surface area (Å²) in [6.07, 6.45) is 0. The van der Waals surface area contributed by atoms with E-state index >= 15 is 0 Å². The van der Waals surface area contributed by atoms with Crippen molar-refractivity contribution in [3.8, 4) is 28.7 Å². The van der Waals surface area contributed by atoms with Crippen LogP contribution >= 0.6 is 0 Å². The van der Waals surface area contributed by atoms with Gasteiger partial charge in [0.05, 0.1) is 7.11 Å². The number of hydrogen-bond acceptors (Lipinski definition) is 3. The fraction of sp³-hybridized carbons (Fsp3) is 0.400. The van der Waals surface area contributed by atoms with E-state index in [-0.39, 0.29) is 0 Å². The zero-order chi connectivity index (χ0) is 24.3. The summed E-state index contributed by atoms with van der Waals surface area (Å²) in [6.45, 7) is 17.3. The van der Waals surface area contributed by atoms with E-state index in [0.717, 1.165) is 28.2 Å². The van der Waals surface area contributed by atoms with Crippen molar-refractivity contribution in [2.24, 2.45) is 0 Å². The summed E-state index contributed by atoms with van der Waals surface area (Å²) in [6, 6.07) is 16.8. The number of benzene rings is 3. The summed E-state index contributed by atoms with van der Waals surface area (Å²) in [7, 11) is 1.66. The Kier molecular flexibility index (Phi) is 7.73. The predicted molar refractivity (Wildman–Crippen MR) is 138 cm³/mol. The topological polar surface area (TPSA) is 27.7 Å². The standard InChI is InChI=1S/C30H38O3/c1-18(2)23-10-12-26(21(7)14-23)32-28-16-25(20(5)6)17-29(30(28)31-9)33-27-13-11-24(19(3)4)15-22(27)8/h10-20H,1-9H3. The third-order valence-electron chi connectivity index (χ3n) is 6.09. The molecule has 0 unspecified atom stereocenters. The Morgan fingerprint density at radius 1 is 0.515 bits per heavy atom. The number of ether oxygens (including phenoxy) is 3. The molecule has 3 aromatic carbocycles. The van der Waals surface area contributed by atoms with E-state index in [1.54, 1.807) is 7.11 Å². The lowest BCUT2D eigenvalue weighted by molar-refractivity contribution is 0.351. The summed E-state index contributed by atoms with van der Waals surface area (Å²) >= 11 is 0. The molecule has 3 nitrogen and oxygen atoms in total. The van der Waals surface area contributed by atoms with Gasteiger partial charge in [-0.15, -0.1) is 0 Å². The molecule has 3 rings (SSSR count). The smallest absolute Gasteiger partial charge is 0.204 e. The second kappa shape index (κ2) is 10.3. The molecule has 33 heavy (non-hydrogen) atoms. The third-order valence-corrected chi connectivity index (χ3v) is 6.09. The first-order valence-corrected chi connectivity index (χ1v) is 11.9. The van der Waals surface area contributed by atoms with Crippen molar-refractivity contribution < 1.29 is 14.2 Å². The van der Waals surface area contributed by atoms with E-state index in [9.17, 15) is 0 Å². The number of methoxy groups -OCH3 is 1. The molecule has 3 aromatic rings. The molecule has 0 atom stereocenters. The van der Waals surface area contributed by atoms with Gasteiger partial charge in [-0.05, 0) is 83.7 Å². The number of rotatable bonds is 8. The van der Waals surface area contributed by atoms with Crippen LogP contribution in [0.3, 0.4) is 0 Å². The van der Waals surface area contributed by atoms with Gasteiger partial charge >= 0.3 is 0 Å². The van der Waals surface area contributed by atoms with Crippen LogP contribution in [0, 0.1) is 13.8 Å². The summed E-state index contributed by atoms with van der Waals surface area (Å²) in [4.78, 5) is 0. The molecule has 0 spiro atoms. The minimum Gasteiger partial charge on any atom is -0.490 e. The van der Waals surface area contributed by atoms with Gasteiger partial charge in [-0.1, -0.05) is 65.8 Å². The van der Waals surface area contributed by atoms with Crippen LogP contribution in [-0.4, -0.2) is 7.11 Å². The Morgan fingerprint density at radius 3 is 1.21 bits per heavy atom. The monoisotopic (exact) mass is 446 g/mol. The molecule has 0 saturated heterocycles. The van der Waals surface area contributed by atoms with Crippen molar-refractivity contribution >= 4 is 0 Å². The molecule has 0 fully saturated rings. The van der Waals surface area contributed by atoms with Crippen molar-refractivity contribution in [3.63, 3.8) is 0 Å². The van der Waals surface area contributed by atoms with Crippen LogP contribution < -0.4 is 14.2 Å². The Bertz CT molecular complexity index is 1030. The zero-order valence-corrected chi connectivity index (χ0v) is 21.6. The molecule has 0 heterocycles. The molecule has 0 aliphatic rings. The van der Waals surface area contributed by atoms with Gasteiger partial charge < -0.3 is 14.2 Å². The average Bonchev–Trinajstić information content (AvgIpc) is 2.76. The summed E-state index contributed by atoms with van der Waals surface area (Å²) in [5.74, 6) is 4.83. The van der Waals surface area contributed by atoms with Crippen LogP contribution in [0.15, 0.2) is 48.5 Å². The molecule has 0 N–H and O–H groups in total. The highest BCUT2D eigenvalue weighted by Gasteiger charge is 2.19. The molecule has 0 aliphatic heterocycles. The first-order chi connectivity index (χ1) is 15.6. The molecular weight excluding hydrogens is 408 g/mol. The van der Waals surface area contributed by atoms with Crippen molar-refractivity contribution in [3.05, 3.63) is 76.3 Å². The van der Waals surface area contributed by atoms with Crippen LogP contribution in [0.25, 0.3) is 0 Å². The maximum atomic E-state index is 6.41. The highest BCUT2D eigenvalue weighted by molar-refractivity contribution is 5.58. The van der Waals surface area contributed by atoms with E-state index in [0.29, 0.717) is 35.0 Å². The molecule has 0 radical (unpaired) electrons. The van der Waals surface area contributed by atoms with Gasteiger partial charge in [-0.2, -0.15) is 0 Å². The average molecular weight is 447 g/mol. The lowest BCUT2D eigenvalue weighted by Gasteiger charge is -2.20. The van der Waals surface area contributed by atoms with E-state index in [1.165, 1.54) is 11.1 Å². The molecule has 0 aliphatic carbocycles. The minimum absolute atomic E-state index is 0.314. The van der Waals surface area contributed by atoms with E-state index in [1.807, 2.05) is 12.1 Å². The van der Waals surface area contributed by atoms with Gasteiger partial charge in [0.1, 0.15) is 11.5 Å². The molecule has 0 bridgehead atoms. The van der Waals surface area contributed by atoms with Crippen LogP contribution in [-0.2, 0) is 0 Å². The SMILES string of the molecule is COc1c(Oc2ccc(C(C)C)cc2C)cc(C(C)C)cc1Oc1ccc(C(C)C)cc1C. The van der Waals surface area contributed by atoms with Gasteiger partial charge in [0.25, 0.3) is 0 Å². The zero-order valence-electron chi connectivity index (χ0n) is 21.6. The van der Waals surface area contributed by atoms with Gasteiger partial charge in [-0.25, -0.2) is 0 Å². The highest BCUT2D eigenvalue weighted by atomic mass is 16.5. The van der Waals surface area contributed by atoms with Gasteiger partial charge in [0, 0.05) is 0 Å².